The largest absolute Gasteiger partial charge is 0.311 e. The van der Waals surface area contributed by atoms with Crippen LogP contribution in [0.3, 0.4) is 0 Å². The first-order valence-corrected chi connectivity index (χ1v) is 9.66. The van der Waals surface area contributed by atoms with E-state index >= 15 is 0 Å². The van der Waals surface area contributed by atoms with E-state index in [4.69, 9.17) is 0 Å². The Morgan fingerprint density at radius 1 is 1.00 bits per heavy atom. The van der Waals surface area contributed by atoms with Gasteiger partial charge in [-0.05, 0) is 74.2 Å². The maximum absolute atomic E-state index is 4.14. The van der Waals surface area contributed by atoms with Gasteiger partial charge in [0.2, 0.25) is 0 Å². The lowest BCUT2D eigenvalue weighted by Crippen LogP contribution is -2.63. The van der Waals surface area contributed by atoms with Crippen LogP contribution in [0, 0.1) is 22.7 Å². The van der Waals surface area contributed by atoms with Crippen LogP contribution >= 0.6 is 0 Å². The molecule has 0 aromatic carbocycles. The highest BCUT2D eigenvalue weighted by atomic mass is 15.0. The van der Waals surface area contributed by atoms with Crippen molar-refractivity contribution < 1.29 is 0 Å². The van der Waals surface area contributed by atoms with Gasteiger partial charge in [-0.2, -0.15) is 0 Å². The predicted octanol–water partition coefficient (Wildman–Crippen LogP) is 5.54. The number of hydrogen-bond donors (Lipinski definition) is 1. The van der Waals surface area contributed by atoms with Gasteiger partial charge < -0.3 is 5.32 Å². The molecular weight excluding hydrogens is 254 g/mol. The standard InChI is InChI=1S/C20H37N/c1-5-6-7-13-21-20-11-8-10-19(4,15-20)12-9-16-17(20)14-18(16,2)3/h16-17,21H,5-15H2,1-4H3/t16-,17+,19-,20+/m1/s1. The lowest BCUT2D eigenvalue weighted by Gasteiger charge is -2.60. The van der Waals surface area contributed by atoms with Crippen molar-refractivity contribution in [1.82, 2.24) is 5.32 Å². The van der Waals surface area contributed by atoms with Gasteiger partial charge in [0.1, 0.15) is 0 Å². The second-order valence-electron chi connectivity index (χ2n) is 9.58. The fourth-order valence-electron chi connectivity index (χ4n) is 6.21. The molecule has 4 atom stereocenters. The van der Waals surface area contributed by atoms with Gasteiger partial charge in [-0.25, -0.2) is 0 Å². The summed E-state index contributed by atoms with van der Waals surface area (Å²) in [4.78, 5) is 0. The van der Waals surface area contributed by atoms with Crippen molar-refractivity contribution in [2.24, 2.45) is 22.7 Å². The lowest BCUT2D eigenvalue weighted by atomic mass is 9.48. The molecule has 0 spiro atoms. The van der Waals surface area contributed by atoms with E-state index in [2.05, 4.69) is 33.0 Å². The predicted molar refractivity (Wildman–Crippen MR) is 91.4 cm³/mol. The summed E-state index contributed by atoms with van der Waals surface area (Å²) in [6.45, 7) is 11.2. The quantitative estimate of drug-likeness (QED) is 0.656. The highest BCUT2D eigenvalue weighted by Gasteiger charge is 2.60. The molecule has 0 radical (unpaired) electrons. The van der Waals surface area contributed by atoms with Crippen molar-refractivity contribution in [3.8, 4) is 0 Å². The van der Waals surface area contributed by atoms with Crippen molar-refractivity contribution in [2.45, 2.75) is 97.4 Å². The van der Waals surface area contributed by atoms with Gasteiger partial charge in [0, 0.05) is 5.54 Å². The van der Waals surface area contributed by atoms with Gasteiger partial charge >= 0.3 is 0 Å². The highest BCUT2D eigenvalue weighted by molar-refractivity contribution is 5.13. The van der Waals surface area contributed by atoms with Gasteiger partial charge in [0.05, 0.1) is 0 Å². The molecule has 21 heavy (non-hydrogen) atoms. The third-order valence-electron chi connectivity index (χ3n) is 7.41. The van der Waals surface area contributed by atoms with Gasteiger partial charge in [0.15, 0.2) is 0 Å². The zero-order valence-electron chi connectivity index (χ0n) is 14.9. The minimum atomic E-state index is 0.497. The van der Waals surface area contributed by atoms with E-state index in [1.54, 1.807) is 0 Å². The second-order valence-corrected chi connectivity index (χ2v) is 9.58. The molecule has 3 aliphatic carbocycles. The molecule has 122 valence electrons. The molecule has 3 fully saturated rings. The SMILES string of the molecule is CCCCCN[C@]12CCC[C@](C)(CC[C@@H]3[C@@H]1CC3(C)C)C2. The zero-order chi connectivity index (χ0) is 15.1. The average molecular weight is 292 g/mol. The Labute approximate surface area is 132 Å². The molecule has 1 nitrogen and oxygen atoms in total. The fourth-order valence-corrected chi connectivity index (χ4v) is 6.21. The van der Waals surface area contributed by atoms with Gasteiger partial charge in [-0.3, -0.25) is 0 Å². The van der Waals surface area contributed by atoms with Gasteiger partial charge in [-0.1, -0.05) is 47.0 Å². The molecule has 3 aliphatic rings. The van der Waals surface area contributed by atoms with E-state index in [1.807, 2.05) is 0 Å². The summed E-state index contributed by atoms with van der Waals surface area (Å²) in [6, 6.07) is 0. The summed E-state index contributed by atoms with van der Waals surface area (Å²) in [5.41, 5.74) is 1.73. The number of rotatable bonds is 5. The molecule has 0 aromatic heterocycles. The first-order valence-electron chi connectivity index (χ1n) is 9.66. The Morgan fingerprint density at radius 2 is 1.81 bits per heavy atom. The third kappa shape index (κ3) is 2.80. The van der Waals surface area contributed by atoms with Crippen molar-refractivity contribution in [3.05, 3.63) is 0 Å². The average Bonchev–Trinajstić information content (AvgIpc) is 2.47. The van der Waals surface area contributed by atoms with E-state index in [0.717, 1.165) is 11.8 Å². The molecule has 0 heterocycles. The maximum Gasteiger partial charge on any atom is 0.0217 e. The second kappa shape index (κ2) is 5.55. The Hall–Kier alpha value is -0.0400. The van der Waals surface area contributed by atoms with E-state index in [0.29, 0.717) is 16.4 Å². The van der Waals surface area contributed by atoms with Crippen LogP contribution in [0.15, 0.2) is 0 Å². The van der Waals surface area contributed by atoms with Crippen LogP contribution in [0.1, 0.15) is 91.9 Å². The molecular formula is C20H37N. The fraction of sp³-hybridized carbons (Fsp3) is 1.00. The molecule has 0 amide bonds. The zero-order valence-corrected chi connectivity index (χ0v) is 14.9. The minimum Gasteiger partial charge on any atom is -0.311 e. The van der Waals surface area contributed by atoms with Crippen molar-refractivity contribution in [1.29, 1.82) is 0 Å². The molecule has 0 aliphatic heterocycles. The summed E-state index contributed by atoms with van der Waals surface area (Å²) in [5.74, 6) is 1.95. The number of fused-ring (bicyclic) bond motifs is 4. The normalized spacial score (nSPS) is 44.6. The van der Waals surface area contributed by atoms with E-state index in [1.165, 1.54) is 70.8 Å². The summed E-state index contributed by atoms with van der Waals surface area (Å²) in [5, 5.41) is 4.14. The van der Waals surface area contributed by atoms with E-state index in [-0.39, 0.29) is 0 Å². The first-order chi connectivity index (χ1) is 9.91. The maximum atomic E-state index is 4.14. The molecule has 3 rings (SSSR count). The van der Waals surface area contributed by atoms with Crippen LogP contribution < -0.4 is 5.32 Å². The number of nitrogens with one attached hydrogen (secondary N) is 1. The highest BCUT2D eigenvalue weighted by Crippen LogP contribution is 2.64. The van der Waals surface area contributed by atoms with E-state index in [9.17, 15) is 0 Å². The summed E-state index contributed by atoms with van der Waals surface area (Å²) in [7, 11) is 0. The van der Waals surface area contributed by atoms with Crippen molar-refractivity contribution in [3.63, 3.8) is 0 Å². The monoisotopic (exact) mass is 291 g/mol. The molecule has 0 saturated heterocycles. The molecule has 2 bridgehead atoms. The molecule has 1 N–H and O–H groups in total. The van der Waals surface area contributed by atoms with Gasteiger partial charge in [-0.15, -0.1) is 0 Å². The summed E-state index contributed by atoms with van der Waals surface area (Å²) < 4.78 is 0. The van der Waals surface area contributed by atoms with Crippen LogP contribution in [0.25, 0.3) is 0 Å². The van der Waals surface area contributed by atoms with Crippen LogP contribution in [0.4, 0.5) is 0 Å². The van der Waals surface area contributed by atoms with Crippen molar-refractivity contribution in [2.75, 3.05) is 6.54 Å². The summed E-state index contributed by atoms with van der Waals surface area (Å²) >= 11 is 0. The van der Waals surface area contributed by atoms with E-state index < -0.39 is 0 Å². The number of hydrogen-bond acceptors (Lipinski definition) is 1. The van der Waals surface area contributed by atoms with Crippen LogP contribution in [-0.4, -0.2) is 12.1 Å². The molecule has 3 saturated carbocycles. The molecule has 0 unspecified atom stereocenters. The minimum absolute atomic E-state index is 0.497. The number of unbranched alkanes of at least 4 members (excludes halogenated alkanes) is 2. The Balaban J connectivity index is 1.77. The molecule has 0 aromatic rings. The molecule has 1 heteroatoms. The van der Waals surface area contributed by atoms with Crippen LogP contribution in [0.2, 0.25) is 0 Å². The first kappa shape index (κ1) is 15.8. The Morgan fingerprint density at radius 3 is 2.52 bits per heavy atom. The Bertz CT molecular complexity index is 374. The van der Waals surface area contributed by atoms with Crippen molar-refractivity contribution >= 4 is 0 Å². The lowest BCUT2D eigenvalue weighted by molar-refractivity contribution is -0.0771. The topological polar surface area (TPSA) is 12.0 Å². The van der Waals surface area contributed by atoms with Crippen LogP contribution in [0.5, 0.6) is 0 Å². The summed E-state index contributed by atoms with van der Waals surface area (Å²) in [6.07, 6.45) is 14.4. The Kier molecular flexibility index (Phi) is 4.19. The van der Waals surface area contributed by atoms with Gasteiger partial charge in [0.25, 0.3) is 0 Å². The van der Waals surface area contributed by atoms with Crippen LogP contribution in [-0.2, 0) is 0 Å². The smallest absolute Gasteiger partial charge is 0.0217 e. The third-order valence-corrected chi connectivity index (χ3v) is 7.41.